The number of urea groups is 1. The highest BCUT2D eigenvalue weighted by Crippen LogP contribution is 2.27. The van der Waals surface area contributed by atoms with Gasteiger partial charge in [0.25, 0.3) is 11.8 Å². The Kier molecular flexibility index (Phi) is 8.35. The molecule has 0 bridgehead atoms. The van der Waals surface area contributed by atoms with E-state index in [1.54, 1.807) is 35.9 Å². The van der Waals surface area contributed by atoms with E-state index in [4.69, 9.17) is 10.5 Å². The predicted molar refractivity (Wildman–Crippen MR) is 152 cm³/mol. The first-order chi connectivity index (χ1) is 20.4. The van der Waals surface area contributed by atoms with Crippen LogP contribution in [0.4, 0.5) is 10.5 Å². The number of benzene rings is 2. The summed E-state index contributed by atoms with van der Waals surface area (Å²) in [5.41, 5.74) is 6.81. The van der Waals surface area contributed by atoms with E-state index >= 15 is 0 Å². The van der Waals surface area contributed by atoms with Gasteiger partial charge in [-0.2, -0.15) is 5.26 Å². The molecule has 42 heavy (non-hydrogen) atoms. The number of anilines is 1. The van der Waals surface area contributed by atoms with Crippen molar-refractivity contribution in [3.05, 3.63) is 72.4 Å². The number of nitriles is 1. The molecule has 4 amide bonds. The number of carbonyl (C=O) groups excluding carboxylic acids is 3. The monoisotopic (exact) mass is 567 g/mol. The minimum atomic E-state index is -0.687. The molecule has 3 N–H and O–H groups in total. The van der Waals surface area contributed by atoms with E-state index < -0.39 is 18.0 Å². The van der Waals surface area contributed by atoms with Gasteiger partial charge in [-0.15, -0.1) is 0 Å². The second kappa shape index (κ2) is 12.4. The number of imide groups is 1. The normalized spacial score (nSPS) is 13.8. The molecule has 0 aliphatic carbocycles. The van der Waals surface area contributed by atoms with E-state index in [0.29, 0.717) is 53.6 Å². The van der Waals surface area contributed by atoms with Crippen LogP contribution in [-0.2, 0) is 18.4 Å². The Hall–Kier alpha value is -5.35. The molecule has 1 aliphatic heterocycles. The van der Waals surface area contributed by atoms with Crippen molar-refractivity contribution in [3.63, 3.8) is 0 Å². The number of nitrogens with one attached hydrogen (secondary N) is 1. The molecule has 214 valence electrons. The lowest BCUT2D eigenvalue weighted by atomic mass is 10.1. The first kappa shape index (κ1) is 28.2. The Bertz CT molecular complexity index is 1650. The number of carbonyl (C=O) groups is 3. The van der Waals surface area contributed by atoms with Crippen LogP contribution < -0.4 is 20.7 Å². The number of nitrogens with zero attached hydrogens (tertiary/aromatic N) is 7. The maximum atomic E-state index is 13.2. The lowest BCUT2D eigenvalue weighted by Crippen LogP contribution is -2.35. The third kappa shape index (κ3) is 6.03. The van der Waals surface area contributed by atoms with Crippen LogP contribution in [0.5, 0.6) is 11.5 Å². The highest BCUT2D eigenvalue weighted by Gasteiger charge is 2.37. The van der Waals surface area contributed by atoms with E-state index in [9.17, 15) is 19.6 Å². The minimum Gasteiger partial charge on any atom is -0.457 e. The van der Waals surface area contributed by atoms with E-state index in [2.05, 4.69) is 26.3 Å². The molecule has 0 spiro atoms. The molecule has 1 fully saturated rings. The van der Waals surface area contributed by atoms with Crippen LogP contribution in [0.25, 0.3) is 11.2 Å². The van der Waals surface area contributed by atoms with Crippen molar-refractivity contribution in [2.75, 3.05) is 18.0 Å². The highest BCUT2D eigenvalue weighted by molar-refractivity contribution is 6.12. The lowest BCUT2D eigenvalue weighted by molar-refractivity contribution is -0.125. The molecule has 1 saturated heterocycles. The number of hydrogen-bond acceptors (Lipinski definition) is 9. The fraction of sp³-hybridized carbons (Fsp3) is 0.276. The largest absolute Gasteiger partial charge is 0.457 e. The van der Waals surface area contributed by atoms with E-state index in [0.717, 1.165) is 11.3 Å². The predicted octanol–water partition coefficient (Wildman–Crippen LogP) is 2.88. The van der Waals surface area contributed by atoms with Crippen molar-refractivity contribution < 1.29 is 19.1 Å². The van der Waals surface area contributed by atoms with Crippen molar-refractivity contribution in [2.45, 2.75) is 31.8 Å². The number of aromatic nitrogens is 4. The summed E-state index contributed by atoms with van der Waals surface area (Å²) in [6.45, 7) is 0.311. The first-order valence-corrected chi connectivity index (χ1v) is 13.4. The van der Waals surface area contributed by atoms with Crippen LogP contribution >= 0.6 is 0 Å². The number of amides is 4. The number of nitrogens with two attached hydrogens (primary N) is 1. The average molecular weight is 568 g/mol. The zero-order valence-corrected chi connectivity index (χ0v) is 22.9. The highest BCUT2D eigenvalue weighted by atomic mass is 16.5. The summed E-state index contributed by atoms with van der Waals surface area (Å²) in [4.78, 5) is 54.2. The van der Waals surface area contributed by atoms with Crippen LogP contribution in [0.3, 0.4) is 0 Å². The van der Waals surface area contributed by atoms with Gasteiger partial charge in [-0.05, 0) is 62.2 Å². The molecule has 1 aliphatic rings. The molecule has 2 aromatic carbocycles. The van der Waals surface area contributed by atoms with E-state index in [1.807, 2.05) is 30.3 Å². The summed E-state index contributed by atoms with van der Waals surface area (Å²) in [6.07, 6.45) is 3.33. The van der Waals surface area contributed by atoms with Gasteiger partial charge in [-0.3, -0.25) is 19.4 Å². The summed E-state index contributed by atoms with van der Waals surface area (Å²) in [7, 11) is 1.68. The maximum absolute atomic E-state index is 13.2. The summed E-state index contributed by atoms with van der Waals surface area (Å²) in [5, 5.41) is 12.0. The SMILES string of the molecule is Cn1c(CN2C(=O)CN(c3ccc(Oc4ccccc4)cc3)C2=O)nc2cnc(C(=O)N[C@H](C#N)CCCCN)nc21. The number of hydrogen-bond donors (Lipinski definition) is 2. The number of para-hydroxylation sites is 1. The second-order valence-corrected chi connectivity index (χ2v) is 9.69. The summed E-state index contributed by atoms with van der Waals surface area (Å²) in [5.74, 6) is 0.607. The standard InChI is InChI=1S/C29H29N9O4/c1-36-24(34-23-16-32-26(35-27(23)36)28(40)33-19(15-31)7-5-6-14-30)17-38-25(39)18-37(29(38)41)20-10-12-22(13-11-20)42-21-8-3-2-4-9-21/h2-4,8-13,16,19H,5-7,14,17-18,30H2,1H3,(H,33,40)/t19-/m0/s1. The molecule has 0 radical (unpaired) electrons. The molecule has 1 atom stereocenters. The van der Waals surface area contributed by atoms with Crippen molar-refractivity contribution in [1.29, 1.82) is 5.26 Å². The molecular formula is C29H29N9O4. The number of unbranched alkanes of at least 4 members (excludes halogenated alkanes) is 1. The number of imidazole rings is 1. The van der Waals surface area contributed by atoms with Crippen molar-refractivity contribution in [1.82, 2.24) is 29.7 Å². The van der Waals surface area contributed by atoms with Gasteiger partial charge >= 0.3 is 6.03 Å². The average Bonchev–Trinajstić information content (AvgIpc) is 3.47. The van der Waals surface area contributed by atoms with Gasteiger partial charge in [0.1, 0.15) is 35.4 Å². The Labute approximate surface area is 241 Å². The third-order valence-electron chi connectivity index (χ3n) is 6.80. The fourth-order valence-corrected chi connectivity index (χ4v) is 4.52. The summed E-state index contributed by atoms with van der Waals surface area (Å²) in [6, 6.07) is 17.1. The van der Waals surface area contributed by atoms with E-state index in [-0.39, 0.29) is 24.8 Å². The lowest BCUT2D eigenvalue weighted by Gasteiger charge is -2.17. The number of fused-ring (bicyclic) bond motifs is 1. The van der Waals surface area contributed by atoms with Crippen molar-refractivity contribution in [2.24, 2.45) is 12.8 Å². The summed E-state index contributed by atoms with van der Waals surface area (Å²) >= 11 is 0. The Morgan fingerprint density at radius 2 is 1.83 bits per heavy atom. The molecule has 13 heteroatoms. The fourth-order valence-electron chi connectivity index (χ4n) is 4.52. The maximum Gasteiger partial charge on any atom is 0.332 e. The molecule has 0 unspecified atom stereocenters. The topological polar surface area (TPSA) is 172 Å². The smallest absolute Gasteiger partial charge is 0.332 e. The number of ether oxygens (including phenoxy) is 1. The number of aryl methyl sites for hydroxylation is 1. The Morgan fingerprint density at radius 1 is 1.10 bits per heavy atom. The van der Waals surface area contributed by atoms with Gasteiger partial charge in [0, 0.05) is 12.7 Å². The zero-order valence-electron chi connectivity index (χ0n) is 22.9. The van der Waals surface area contributed by atoms with Crippen molar-refractivity contribution >= 4 is 34.7 Å². The molecule has 13 nitrogen and oxygen atoms in total. The molecule has 0 saturated carbocycles. The first-order valence-electron chi connectivity index (χ1n) is 13.4. The van der Waals surface area contributed by atoms with Crippen molar-refractivity contribution in [3.8, 4) is 17.6 Å². The Balaban J connectivity index is 1.27. The van der Waals surface area contributed by atoms with Crippen LogP contribution in [0.15, 0.2) is 60.8 Å². The summed E-state index contributed by atoms with van der Waals surface area (Å²) < 4.78 is 7.41. The van der Waals surface area contributed by atoms with Crippen LogP contribution in [0.1, 0.15) is 35.7 Å². The van der Waals surface area contributed by atoms with E-state index in [1.165, 1.54) is 11.1 Å². The van der Waals surface area contributed by atoms with Gasteiger partial charge in [0.2, 0.25) is 5.82 Å². The minimum absolute atomic E-state index is 0.0879. The molecular weight excluding hydrogens is 538 g/mol. The van der Waals surface area contributed by atoms with Gasteiger partial charge < -0.3 is 20.4 Å². The van der Waals surface area contributed by atoms with Gasteiger partial charge in [-0.1, -0.05) is 18.2 Å². The molecule has 5 rings (SSSR count). The number of rotatable bonds is 11. The Morgan fingerprint density at radius 3 is 2.55 bits per heavy atom. The molecule has 3 heterocycles. The van der Waals surface area contributed by atoms with Crippen LogP contribution in [-0.4, -0.2) is 61.4 Å². The van der Waals surface area contributed by atoms with Gasteiger partial charge in [0.05, 0.1) is 18.8 Å². The molecule has 2 aromatic heterocycles. The quantitative estimate of drug-likeness (QED) is 0.204. The van der Waals surface area contributed by atoms with Crippen LogP contribution in [0, 0.1) is 11.3 Å². The van der Waals surface area contributed by atoms with Crippen LogP contribution in [0.2, 0.25) is 0 Å². The van der Waals surface area contributed by atoms with Gasteiger partial charge in [0.15, 0.2) is 5.65 Å². The zero-order chi connectivity index (χ0) is 29.6. The second-order valence-electron chi connectivity index (χ2n) is 9.69. The molecule has 4 aromatic rings. The van der Waals surface area contributed by atoms with Gasteiger partial charge in [-0.25, -0.2) is 19.7 Å². The third-order valence-corrected chi connectivity index (χ3v) is 6.80.